The van der Waals surface area contributed by atoms with Gasteiger partial charge in [-0.2, -0.15) is 0 Å². The average Bonchev–Trinajstić information content (AvgIpc) is 2.73. The van der Waals surface area contributed by atoms with Crippen molar-refractivity contribution in [3.05, 3.63) is 62.8 Å². The molecule has 1 amide bonds. The highest BCUT2D eigenvalue weighted by molar-refractivity contribution is 5.83. The zero-order valence-corrected chi connectivity index (χ0v) is 17.6. The number of hydrogen-bond acceptors (Lipinski definition) is 4. The Balaban J connectivity index is 1.51. The molecule has 1 aromatic carbocycles. The number of aryl methyl sites for hydroxylation is 1. The topological polar surface area (TPSA) is 69.3 Å². The Labute approximate surface area is 172 Å². The fourth-order valence-corrected chi connectivity index (χ4v) is 4.44. The summed E-state index contributed by atoms with van der Waals surface area (Å²) in [6, 6.07) is 8.19. The van der Waals surface area contributed by atoms with Crippen LogP contribution in [0.5, 0.6) is 0 Å². The molecular weight excluding hydrogens is 364 g/mol. The molecule has 29 heavy (non-hydrogen) atoms. The minimum atomic E-state index is -0.166. The van der Waals surface area contributed by atoms with Gasteiger partial charge in [0.05, 0.1) is 17.2 Å². The summed E-state index contributed by atoms with van der Waals surface area (Å²) in [6.07, 6.45) is 2.69. The lowest BCUT2D eigenvalue weighted by Gasteiger charge is -2.34. The van der Waals surface area contributed by atoms with Crippen molar-refractivity contribution >= 4 is 5.91 Å². The lowest BCUT2D eigenvalue weighted by atomic mass is 9.93. The van der Waals surface area contributed by atoms with E-state index in [4.69, 9.17) is 4.98 Å². The fourth-order valence-electron chi connectivity index (χ4n) is 4.44. The summed E-state index contributed by atoms with van der Waals surface area (Å²) in [7, 11) is 2.02. The number of piperidine rings is 1. The van der Waals surface area contributed by atoms with Gasteiger partial charge in [0.1, 0.15) is 5.82 Å². The summed E-state index contributed by atoms with van der Waals surface area (Å²) in [5, 5.41) is 0. The number of rotatable bonds is 3. The first-order chi connectivity index (χ1) is 13.9. The lowest BCUT2D eigenvalue weighted by molar-refractivity contribution is -0.133. The van der Waals surface area contributed by atoms with E-state index < -0.39 is 0 Å². The van der Waals surface area contributed by atoms with Crippen LogP contribution in [-0.2, 0) is 17.8 Å². The normalized spacial score (nSPS) is 20.9. The Hall–Kier alpha value is -2.47. The predicted octanol–water partition coefficient (Wildman–Crippen LogP) is 2.58. The molecule has 1 N–H and O–H groups in total. The van der Waals surface area contributed by atoms with Gasteiger partial charge in [-0.25, -0.2) is 4.98 Å². The number of amides is 1. The fraction of sp³-hybridized carbons (Fsp3) is 0.522. The maximum atomic E-state index is 13.1. The van der Waals surface area contributed by atoms with Crippen LogP contribution in [0.15, 0.2) is 29.1 Å². The Morgan fingerprint density at radius 3 is 2.76 bits per heavy atom. The molecule has 2 aromatic rings. The van der Waals surface area contributed by atoms with Gasteiger partial charge in [0.25, 0.3) is 5.56 Å². The number of carbonyl (C=O) groups is 1. The van der Waals surface area contributed by atoms with Crippen molar-refractivity contribution in [1.82, 2.24) is 19.8 Å². The maximum absolute atomic E-state index is 13.1. The molecule has 0 aliphatic carbocycles. The van der Waals surface area contributed by atoms with E-state index in [1.54, 1.807) is 0 Å². The SMILES string of the molecule is Cc1ccc([C@H](C)C(=O)N2CCC[C@H](c3nc4c(c(=O)[nH]3)CN(C)CC4)C2)cc1. The zero-order chi connectivity index (χ0) is 20.5. The summed E-state index contributed by atoms with van der Waals surface area (Å²) < 4.78 is 0. The number of aromatic nitrogens is 2. The molecule has 2 aliphatic rings. The highest BCUT2D eigenvalue weighted by Gasteiger charge is 2.30. The third-order valence-electron chi connectivity index (χ3n) is 6.35. The van der Waals surface area contributed by atoms with Gasteiger partial charge in [0.15, 0.2) is 0 Å². The van der Waals surface area contributed by atoms with E-state index >= 15 is 0 Å². The second kappa shape index (κ2) is 8.11. The minimum absolute atomic E-state index is 0.0203. The number of carbonyl (C=O) groups excluding carboxylic acids is 1. The van der Waals surface area contributed by atoms with Gasteiger partial charge >= 0.3 is 0 Å². The van der Waals surface area contributed by atoms with Crippen molar-refractivity contribution in [3.8, 4) is 0 Å². The number of nitrogens with one attached hydrogen (secondary N) is 1. The first-order valence-corrected chi connectivity index (χ1v) is 10.6. The van der Waals surface area contributed by atoms with Crippen molar-refractivity contribution < 1.29 is 4.79 Å². The van der Waals surface area contributed by atoms with E-state index in [1.165, 1.54) is 5.56 Å². The summed E-state index contributed by atoms with van der Waals surface area (Å²) in [4.78, 5) is 37.7. The largest absolute Gasteiger partial charge is 0.341 e. The Bertz CT molecular complexity index is 950. The van der Waals surface area contributed by atoms with E-state index in [1.807, 2.05) is 31.0 Å². The first-order valence-electron chi connectivity index (χ1n) is 10.6. The Morgan fingerprint density at radius 2 is 2.00 bits per heavy atom. The van der Waals surface area contributed by atoms with Crippen molar-refractivity contribution in [2.24, 2.45) is 0 Å². The predicted molar refractivity (Wildman–Crippen MR) is 113 cm³/mol. The van der Waals surface area contributed by atoms with Crippen molar-refractivity contribution in [2.45, 2.75) is 51.5 Å². The van der Waals surface area contributed by atoms with Gasteiger partial charge in [-0.15, -0.1) is 0 Å². The third kappa shape index (κ3) is 4.13. The molecular formula is C23H30N4O2. The van der Waals surface area contributed by atoms with Crippen molar-refractivity contribution in [1.29, 1.82) is 0 Å². The molecule has 0 spiro atoms. The van der Waals surface area contributed by atoms with E-state index in [-0.39, 0.29) is 23.3 Å². The van der Waals surface area contributed by atoms with Gasteiger partial charge in [-0.3, -0.25) is 9.59 Å². The molecule has 6 nitrogen and oxygen atoms in total. The van der Waals surface area contributed by atoms with E-state index in [9.17, 15) is 9.59 Å². The van der Waals surface area contributed by atoms with Gasteiger partial charge in [-0.1, -0.05) is 29.8 Å². The number of aromatic amines is 1. The molecule has 1 fully saturated rings. The van der Waals surface area contributed by atoms with E-state index in [0.29, 0.717) is 13.1 Å². The molecule has 2 aliphatic heterocycles. The lowest BCUT2D eigenvalue weighted by Crippen LogP contribution is -2.42. The zero-order valence-electron chi connectivity index (χ0n) is 17.6. The van der Waals surface area contributed by atoms with Crippen LogP contribution in [0, 0.1) is 6.92 Å². The van der Waals surface area contributed by atoms with Gasteiger partial charge < -0.3 is 14.8 Å². The molecule has 154 valence electrons. The molecule has 1 saturated heterocycles. The smallest absolute Gasteiger partial charge is 0.255 e. The maximum Gasteiger partial charge on any atom is 0.255 e. The Kier molecular flexibility index (Phi) is 5.54. The minimum Gasteiger partial charge on any atom is -0.341 e. The monoisotopic (exact) mass is 394 g/mol. The van der Waals surface area contributed by atoms with Gasteiger partial charge in [-0.05, 0) is 39.3 Å². The highest BCUT2D eigenvalue weighted by atomic mass is 16.2. The number of hydrogen-bond donors (Lipinski definition) is 1. The van der Waals surface area contributed by atoms with Crippen LogP contribution in [0.4, 0.5) is 0 Å². The molecule has 0 saturated carbocycles. The number of benzene rings is 1. The summed E-state index contributed by atoms with van der Waals surface area (Å²) in [5.74, 6) is 0.829. The number of nitrogens with zero attached hydrogens (tertiary/aromatic N) is 3. The van der Waals surface area contributed by atoms with Crippen LogP contribution in [0.1, 0.15) is 59.8 Å². The quantitative estimate of drug-likeness (QED) is 0.869. The second-order valence-corrected chi connectivity index (χ2v) is 8.62. The number of fused-ring (bicyclic) bond motifs is 1. The standard InChI is InChI=1S/C23H30N4O2/c1-15-6-8-17(9-7-15)16(2)23(29)27-11-4-5-18(13-27)21-24-20-10-12-26(3)14-19(20)22(28)25-21/h6-9,16,18H,4-5,10-14H2,1-3H3,(H,24,25,28)/t16-,18-/m0/s1. The van der Waals surface area contributed by atoms with Crippen LogP contribution < -0.4 is 5.56 Å². The van der Waals surface area contributed by atoms with Crippen LogP contribution in [-0.4, -0.2) is 52.4 Å². The summed E-state index contributed by atoms with van der Waals surface area (Å²) in [5.41, 5.74) is 3.94. The van der Waals surface area contributed by atoms with Crippen LogP contribution in [0.25, 0.3) is 0 Å². The van der Waals surface area contributed by atoms with Crippen molar-refractivity contribution in [3.63, 3.8) is 0 Å². The molecule has 0 unspecified atom stereocenters. The second-order valence-electron chi connectivity index (χ2n) is 8.62. The molecule has 4 rings (SSSR count). The first kappa shape index (κ1) is 19.8. The summed E-state index contributed by atoms with van der Waals surface area (Å²) >= 11 is 0. The molecule has 6 heteroatoms. The number of H-pyrrole nitrogens is 1. The number of likely N-dealkylation sites (tertiary alicyclic amines) is 1. The highest BCUT2D eigenvalue weighted by Crippen LogP contribution is 2.28. The molecule has 0 radical (unpaired) electrons. The molecule has 3 heterocycles. The van der Waals surface area contributed by atoms with E-state index in [0.717, 1.165) is 55.0 Å². The van der Waals surface area contributed by atoms with Gasteiger partial charge in [0.2, 0.25) is 5.91 Å². The van der Waals surface area contributed by atoms with Gasteiger partial charge in [0, 0.05) is 38.5 Å². The molecule has 0 bridgehead atoms. The average molecular weight is 395 g/mol. The molecule has 2 atom stereocenters. The molecule has 1 aromatic heterocycles. The van der Waals surface area contributed by atoms with Crippen molar-refractivity contribution in [2.75, 3.05) is 26.7 Å². The number of likely N-dealkylation sites (N-methyl/N-ethyl adjacent to an activating group) is 1. The Morgan fingerprint density at radius 1 is 1.24 bits per heavy atom. The van der Waals surface area contributed by atoms with Crippen LogP contribution in [0.3, 0.4) is 0 Å². The van der Waals surface area contributed by atoms with Crippen LogP contribution in [0.2, 0.25) is 0 Å². The van der Waals surface area contributed by atoms with E-state index in [2.05, 4.69) is 28.9 Å². The van der Waals surface area contributed by atoms with Crippen LogP contribution >= 0.6 is 0 Å². The third-order valence-corrected chi connectivity index (χ3v) is 6.35. The summed E-state index contributed by atoms with van der Waals surface area (Å²) in [6.45, 7) is 7.00.